The zero-order valence-electron chi connectivity index (χ0n) is 10.4. The molecule has 0 saturated heterocycles. The number of hydrogen-bond acceptors (Lipinski definition) is 3. The van der Waals surface area contributed by atoms with Gasteiger partial charge in [-0.05, 0) is 44.1 Å². The number of carbonyl (C=O) groups excluding carboxylic acids is 1. The van der Waals surface area contributed by atoms with Crippen LogP contribution in [0.3, 0.4) is 0 Å². The summed E-state index contributed by atoms with van der Waals surface area (Å²) in [5, 5.41) is 2.96. The van der Waals surface area contributed by atoms with Crippen molar-refractivity contribution in [1.29, 1.82) is 0 Å². The van der Waals surface area contributed by atoms with E-state index in [9.17, 15) is 4.79 Å². The molecule has 0 radical (unpaired) electrons. The third-order valence-corrected chi connectivity index (χ3v) is 3.05. The normalized spacial score (nSPS) is 18.2. The Morgan fingerprint density at radius 1 is 1.53 bits per heavy atom. The topological polar surface area (TPSA) is 58.4 Å². The fourth-order valence-electron chi connectivity index (χ4n) is 2.28. The molecule has 4 nitrogen and oxygen atoms in total. The van der Waals surface area contributed by atoms with Gasteiger partial charge >= 0.3 is 0 Å². The van der Waals surface area contributed by atoms with Gasteiger partial charge in [0.15, 0.2) is 0 Å². The highest BCUT2D eigenvalue weighted by Gasteiger charge is 2.21. The molecule has 0 fully saturated rings. The second kappa shape index (κ2) is 4.85. The SMILES string of the molecule is CN(C)CC(=O)Nc1cccc2c1CCC2N. The number of hydrogen-bond donors (Lipinski definition) is 2. The quantitative estimate of drug-likeness (QED) is 0.823. The first-order valence-electron chi connectivity index (χ1n) is 5.90. The van der Waals surface area contributed by atoms with Crippen molar-refractivity contribution in [2.24, 2.45) is 5.73 Å². The summed E-state index contributed by atoms with van der Waals surface area (Å²) in [6.45, 7) is 0.399. The lowest BCUT2D eigenvalue weighted by atomic mass is 10.1. The summed E-state index contributed by atoms with van der Waals surface area (Å²) in [4.78, 5) is 13.6. The summed E-state index contributed by atoms with van der Waals surface area (Å²) >= 11 is 0. The first kappa shape index (κ1) is 12.1. The lowest BCUT2D eigenvalue weighted by Crippen LogP contribution is -2.27. The fourth-order valence-corrected chi connectivity index (χ4v) is 2.28. The molecule has 1 aromatic rings. The van der Waals surface area contributed by atoms with Crippen molar-refractivity contribution in [3.05, 3.63) is 29.3 Å². The van der Waals surface area contributed by atoms with Crippen molar-refractivity contribution in [2.75, 3.05) is 26.0 Å². The van der Waals surface area contributed by atoms with Crippen LogP contribution >= 0.6 is 0 Å². The molecule has 1 unspecified atom stereocenters. The summed E-state index contributed by atoms with van der Waals surface area (Å²) in [7, 11) is 3.76. The van der Waals surface area contributed by atoms with Crippen molar-refractivity contribution >= 4 is 11.6 Å². The van der Waals surface area contributed by atoms with Crippen LogP contribution in [0.2, 0.25) is 0 Å². The molecule has 1 aliphatic rings. The minimum Gasteiger partial charge on any atom is -0.325 e. The van der Waals surface area contributed by atoms with Crippen LogP contribution in [0.15, 0.2) is 18.2 Å². The van der Waals surface area contributed by atoms with E-state index in [4.69, 9.17) is 5.73 Å². The standard InChI is InChI=1S/C13H19N3O/c1-16(2)8-13(17)15-12-5-3-4-9-10(12)6-7-11(9)14/h3-5,11H,6-8,14H2,1-2H3,(H,15,17). The Morgan fingerprint density at radius 2 is 2.29 bits per heavy atom. The number of anilines is 1. The molecule has 0 heterocycles. The smallest absolute Gasteiger partial charge is 0.238 e. The van der Waals surface area contributed by atoms with Crippen LogP contribution in [0.5, 0.6) is 0 Å². The summed E-state index contributed by atoms with van der Waals surface area (Å²) < 4.78 is 0. The van der Waals surface area contributed by atoms with Gasteiger partial charge in [-0.1, -0.05) is 12.1 Å². The molecule has 1 aromatic carbocycles. The van der Waals surface area contributed by atoms with Crippen LogP contribution in [-0.4, -0.2) is 31.4 Å². The van der Waals surface area contributed by atoms with Gasteiger partial charge < -0.3 is 16.0 Å². The van der Waals surface area contributed by atoms with E-state index in [0.717, 1.165) is 18.5 Å². The Balaban J connectivity index is 2.15. The summed E-state index contributed by atoms with van der Waals surface area (Å²) in [6.07, 6.45) is 1.92. The third kappa shape index (κ3) is 2.65. The van der Waals surface area contributed by atoms with E-state index < -0.39 is 0 Å². The van der Waals surface area contributed by atoms with Gasteiger partial charge in [-0.15, -0.1) is 0 Å². The number of carbonyl (C=O) groups is 1. The molecule has 1 aliphatic carbocycles. The van der Waals surface area contributed by atoms with Gasteiger partial charge in [0, 0.05) is 11.7 Å². The molecule has 1 amide bonds. The van der Waals surface area contributed by atoms with Crippen molar-refractivity contribution in [1.82, 2.24) is 4.90 Å². The highest BCUT2D eigenvalue weighted by atomic mass is 16.2. The maximum Gasteiger partial charge on any atom is 0.238 e. The van der Waals surface area contributed by atoms with Gasteiger partial charge in [-0.2, -0.15) is 0 Å². The average Bonchev–Trinajstić information content (AvgIpc) is 2.61. The highest BCUT2D eigenvalue weighted by Crippen LogP contribution is 2.34. The minimum absolute atomic E-state index is 0.0175. The molecule has 92 valence electrons. The third-order valence-electron chi connectivity index (χ3n) is 3.05. The van der Waals surface area contributed by atoms with Crippen LogP contribution in [0.25, 0.3) is 0 Å². The first-order valence-corrected chi connectivity index (χ1v) is 5.90. The zero-order chi connectivity index (χ0) is 12.4. The van der Waals surface area contributed by atoms with Crippen LogP contribution in [0.1, 0.15) is 23.6 Å². The monoisotopic (exact) mass is 233 g/mol. The van der Waals surface area contributed by atoms with E-state index in [2.05, 4.69) is 11.4 Å². The van der Waals surface area contributed by atoms with Crippen LogP contribution in [0, 0.1) is 0 Å². The molecule has 0 saturated carbocycles. The van der Waals surface area contributed by atoms with Gasteiger partial charge in [0.05, 0.1) is 6.54 Å². The number of nitrogens with one attached hydrogen (secondary N) is 1. The maximum atomic E-state index is 11.7. The number of nitrogens with zero attached hydrogens (tertiary/aromatic N) is 1. The lowest BCUT2D eigenvalue weighted by molar-refractivity contribution is -0.116. The molecule has 1 atom stereocenters. The van der Waals surface area contributed by atoms with Crippen LogP contribution < -0.4 is 11.1 Å². The highest BCUT2D eigenvalue weighted by molar-refractivity contribution is 5.93. The van der Waals surface area contributed by atoms with Crippen LogP contribution in [-0.2, 0) is 11.2 Å². The molecule has 0 aromatic heterocycles. The van der Waals surface area contributed by atoms with Crippen molar-refractivity contribution in [3.8, 4) is 0 Å². The van der Waals surface area contributed by atoms with Gasteiger partial charge in [0.2, 0.25) is 5.91 Å². The summed E-state index contributed by atoms with van der Waals surface area (Å²) in [6, 6.07) is 6.07. The van der Waals surface area contributed by atoms with E-state index in [1.165, 1.54) is 11.1 Å². The Morgan fingerprint density at radius 3 is 3.00 bits per heavy atom. The van der Waals surface area contributed by atoms with Crippen molar-refractivity contribution < 1.29 is 4.79 Å². The largest absolute Gasteiger partial charge is 0.325 e. The number of amides is 1. The Hall–Kier alpha value is -1.39. The minimum atomic E-state index is 0.0175. The molecular weight excluding hydrogens is 214 g/mol. The zero-order valence-corrected chi connectivity index (χ0v) is 10.4. The summed E-state index contributed by atoms with van der Waals surface area (Å²) in [5.41, 5.74) is 9.30. The van der Waals surface area contributed by atoms with E-state index in [-0.39, 0.29) is 11.9 Å². The number of benzene rings is 1. The molecule has 4 heteroatoms. The predicted octanol–water partition coefficient (Wildman–Crippen LogP) is 1.13. The molecule has 0 aliphatic heterocycles. The first-order chi connectivity index (χ1) is 8.08. The van der Waals surface area contributed by atoms with E-state index in [1.54, 1.807) is 0 Å². The second-order valence-corrected chi connectivity index (χ2v) is 4.80. The number of rotatable bonds is 3. The lowest BCUT2D eigenvalue weighted by Gasteiger charge is -2.13. The molecule has 0 spiro atoms. The average molecular weight is 233 g/mol. The Labute approximate surface area is 102 Å². The number of likely N-dealkylation sites (N-methyl/N-ethyl adjacent to an activating group) is 1. The van der Waals surface area contributed by atoms with Crippen molar-refractivity contribution in [3.63, 3.8) is 0 Å². The van der Waals surface area contributed by atoms with Crippen LogP contribution in [0.4, 0.5) is 5.69 Å². The molecule has 2 rings (SSSR count). The van der Waals surface area contributed by atoms with Gasteiger partial charge in [-0.25, -0.2) is 0 Å². The van der Waals surface area contributed by atoms with Gasteiger partial charge in [-0.3, -0.25) is 4.79 Å². The van der Waals surface area contributed by atoms with E-state index >= 15 is 0 Å². The second-order valence-electron chi connectivity index (χ2n) is 4.80. The van der Waals surface area contributed by atoms with Gasteiger partial charge in [0.25, 0.3) is 0 Å². The molecule has 17 heavy (non-hydrogen) atoms. The molecule has 3 N–H and O–H groups in total. The Kier molecular flexibility index (Phi) is 3.45. The van der Waals surface area contributed by atoms with Crippen molar-refractivity contribution in [2.45, 2.75) is 18.9 Å². The Bertz CT molecular complexity index is 429. The van der Waals surface area contributed by atoms with E-state index in [1.807, 2.05) is 31.1 Å². The molecular formula is C13H19N3O. The van der Waals surface area contributed by atoms with E-state index in [0.29, 0.717) is 6.54 Å². The number of fused-ring (bicyclic) bond motifs is 1. The predicted molar refractivity (Wildman–Crippen MR) is 68.9 cm³/mol. The number of nitrogens with two attached hydrogens (primary N) is 1. The molecule has 0 bridgehead atoms. The summed E-state index contributed by atoms with van der Waals surface area (Å²) in [5.74, 6) is 0.0175. The fraction of sp³-hybridized carbons (Fsp3) is 0.462. The van der Waals surface area contributed by atoms with Gasteiger partial charge in [0.1, 0.15) is 0 Å². The maximum absolute atomic E-state index is 11.7.